The number of hydrogen-bond donors (Lipinski definition) is 0. The number of amides is 1. The van der Waals surface area contributed by atoms with Crippen LogP contribution in [-0.2, 0) is 11.2 Å². The highest BCUT2D eigenvalue weighted by atomic mass is 32.2. The molecule has 4 nitrogen and oxygen atoms in total. The van der Waals surface area contributed by atoms with Crippen LogP contribution in [0.4, 0.5) is 5.69 Å². The highest BCUT2D eigenvalue weighted by molar-refractivity contribution is 8.03. The molecule has 0 radical (unpaired) electrons. The van der Waals surface area contributed by atoms with Crippen molar-refractivity contribution in [1.29, 1.82) is 0 Å². The molecule has 0 N–H and O–H groups in total. The lowest BCUT2D eigenvalue weighted by molar-refractivity contribution is -0.118. The Kier molecular flexibility index (Phi) is 5.28. The summed E-state index contributed by atoms with van der Waals surface area (Å²) in [6.45, 7) is 6.15. The van der Waals surface area contributed by atoms with Crippen molar-refractivity contribution in [3.05, 3.63) is 29.8 Å². The number of para-hydroxylation sites is 1. The van der Waals surface area contributed by atoms with Crippen LogP contribution >= 0.6 is 34.9 Å². The van der Waals surface area contributed by atoms with E-state index in [1.54, 1.807) is 23.1 Å². The lowest BCUT2D eigenvalue weighted by Gasteiger charge is -2.25. The summed E-state index contributed by atoms with van der Waals surface area (Å²) >= 11 is 4.75. The van der Waals surface area contributed by atoms with Gasteiger partial charge >= 0.3 is 0 Å². The van der Waals surface area contributed by atoms with E-state index in [0.29, 0.717) is 0 Å². The van der Waals surface area contributed by atoms with E-state index in [-0.39, 0.29) is 17.2 Å². The minimum atomic E-state index is -0.170. The molecule has 122 valence electrons. The third kappa shape index (κ3) is 3.56. The topological polar surface area (TPSA) is 46.1 Å². The second-order valence-electron chi connectivity index (χ2n) is 5.42. The molecular formula is C16H19N3OS3. The first-order valence-electron chi connectivity index (χ1n) is 7.64. The highest BCUT2D eigenvalue weighted by Gasteiger charge is 2.33. The standard InChI is InChI=1S/C16H19N3OS3/c1-4-21-15-17-18-16(23-15)22-11(3)14(20)19-10(2)9-12-7-5-6-8-13(12)19/h5-8,10-11H,4,9H2,1-3H3. The zero-order valence-corrected chi connectivity index (χ0v) is 15.8. The highest BCUT2D eigenvalue weighted by Crippen LogP contribution is 2.36. The van der Waals surface area contributed by atoms with Gasteiger partial charge in [0.25, 0.3) is 0 Å². The van der Waals surface area contributed by atoms with Gasteiger partial charge in [0.15, 0.2) is 8.68 Å². The molecule has 1 aliphatic heterocycles. The van der Waals surface area contributed by atoms with E-state index in [4.69, 9.17) is 0 Å². The van der Waals surface area contributed by atoms with Crippen molar-refractivity contribution in [2.24, 2.45) is 0 Å². The maximum absolute atomic E-state index is 12.9. The molecule has 2 heterocycles. The van der Waals surface area contributed by atoms with Crippen LogP contribution < -0.4 is 4.90 Å². The normalized spacial score (nSPS) is 18.0. The molecule has 0 fully saturated rings. The van der Waals surface area contributed by atoms with Gasteiger partial charge in [-0.05, 0) is 37.7 Å². The summed E-state index contributed by atoms with van der Waals surface area (Å²) in [5.74, 6) is 1.13. The number of nitrogens with zero attached hydrogens (tertiary/aromatic N) is 3. The van der Waals surface area contributed by atoms with Gasteiger partial charge in [0, 0.05) is 11.7 Å². The Balaban J connectivity index is 1.72. The molecule has 3 rings (SSSR count). The number of benzene rings is 1. The lowest BCUT2D eigenvalue weighted by Crippen LogP contribution is -2.40. The van der Waals surface area contributed by atoms with E-state index in [1.807, 2.05) is 30.0 Å². The van der Waals surface area contributed by atoms with Crippen LogP contribution in [0, 0.1) is 0 Å². The lowest BCUT2D eigenvalue weighted by atomic mass is 10.1. The molecule has 2 atom stereocenters. The Morgan fingerprint density at radius 1 is 1.39 bits per heavy atom. The second kappa shape index (κ2) is 7.23. The first-order valence-corrected chi connectivity index (χ1v) is 10.3. The van der Waals surface area contributed by atoms with E-state index in [1.165, 1.54) is 17.3 Å². The molecular weight excluding hydrogens is 346 g/mol. The smallest absolute Gasteiger partial charge is 0.240 e. The predicted molar refractivity (Wildman–Crippen MR) is 98.7 cm³/mol. The molecule has 1 aliphatic rings. The van der Waals surface area contributed by atoms with E-state index in [2.05, 4.69) is 30.1 Å². The molecule has 1 amide bonds. The van der Waals surface area contributed by atoms with Gasteiger partial charge in [-0.15, -0.1) is 10.2 Å². The van der Waals surface area contributed by atoms with Crippen LogP contribution in [0.25, 0.3) is 0 Å². The summed E-state index contributed by atoms with van der Waals surface area (Å²) in [4.78, 5) is 14.9. The van der Waals surface area contributed by atoms with E-state index >= 15 is 0 Å². The third-order valence-electron chi connectivity index (χ3n) is 3.73. The molecule has 2 aromatic rings. The molecule has 7 heteroatoms. The number of carbonyl (C=O) groups excluding carboxylic acids is 1. The van der Waals surface area contributed by atoms with Gasteiger partial charge in [-0.1, -0.05) is 60.0 Å². The third-order valence-corrected chi connectivity index (χ3v) is 6.84. The van der Waals surface area contributed by atoms with Gasteiger partial charge in [-0.2, -0.15) is 0 Å². The van der Waals surface area contributed by atoms with Crippen LogP contribution in [0.5, 0.6) is 0 Å². The Labute approximate surface area is 149 Å². The molecule has 0 saturated carbocycles. The predicted octanol–water partition coefficient (Wildman–Crippen LogP) is 4.11. The Morgan fingerprint density at radius 3 is 2.91 bits per heavy atom. The van der Waals surface area contributed by atoms with Crippen LogP contribution in [0.2, 0.25) is 0 Å². The average molecular weight is 366 g/mol. The Bertz CT molecular complexity index is 703. The van der Waals surface area contributed by atoms with Crippen molar-refractivity contribution in [3.8, 4) is 0 Å². The molecule has 2 unspecified atom stereocenters. The number of hydrogen-bond acceptors (Lipinski definition) is 6. The molecule has 1 aromatic carbocycles. The molecule has 0 aliphatic carbocycles. The fourth-order valence-corrected chi connectivity index (χ4v) is 5.84. The van der Waals surface area contributed by atoms with Gasteiger partial charge in [-0.3, -0.25) is 4.79 Å². The largest absolute Gasteiger partial charge is 0.308 e. The molecule has 0 spiro atoms. The van der Waals surface area contributed by atoms with Gasteiger partial charge in [0.05, 0.1) is 5.25 Å². The van der Waals surface area contributed by atoms with Crippen molar-refractivity contribution in [1.82, 2.24) is 10.2 Å². The molecule has 0 saturated heterocycles. The minimum absolute atomic E-state index is 0.146. The summed E-state index contributed by atoms with van der Waals surface area (Å²) in [5, 5.41) is 8.17. The zero-order chi connectivity index (χ0) is 16.4. The number of rotatable bonds is 5. The van der Waals surface area contributed by atoms with Crippen LogP contribution in [0.3, 0.4) is 0 Å². The van der Waals surface area contributed by atoms with Crippen LogP contribution in [-0.4, -0.2) is 33.1 Å². The molecule has 0 bridgehead atoms. The van der Waals surface area contributed by atoms with Crippen molar-refractivity contribution in [2.45, 2.75) is 47.2 Å². The van der Waals surface area contributed by atoms with Crippen molar-refractivity contribution < 1.29 is 4.79 Å². The zero-order valence-electron chi connectivity index (χ0n) is 13.4. The number of anilines is 1. The number of thioether (sulfide) groups is 2. The number of carbonyl (C=O) groups is 1. The van der Waals surface area contributed by atoms with E-state index in [0.717, 1.165) is 26.5 Å². The first-order chi connectivity index (χ1) is 11.1. The fraction of sp³-hybridized carbons (Fsp3) is 0.438. The summed E-state index contributed by atoms with van der Waals surface area (Å²) in [6, 6.07) is 8.38. The van der Waals surface area contributed by atoms with Crippen molar-refractivity contribution in [2.75, 3.05) is 10.7 Å². The van der Waals surface area contributed by atoms with Gasteiger partial charge in [-0.25, -0.2) is 0 Å². The van der Waals surface area contributed by atoms with E-state index < -0.39 is 0 Å². The maximum atomic E-state index is 12.9. The monoisotopic (exact) mass is 365 g/mol. The SMILES string of the molecule is CCSc1nnc(SC(C)C(=O)N2c3ccccc3CC2C)s1. The molecule has 23 heavy (non-hydrogen) atoms. The quantitative estimate of drug-likeness (QED) is 0.746. The minimum Gasteiger partial charge on any atom is -0.308 e. The van der Waals surface area contributed by atoms with Gasteiger partial charge in [0.2, 0.25) is 5.91 Å². The summed E-state index contributed by atoms with van der Waals surface area (Å²) in [6.07, 6.45) is 0.926. The Morgan fingerprint density at radius 2 is 2.13 bits per heavy atom. The van der Waals surface area contributed by atoms with Crippen molar-refractivity contribution >= 4 is 46.5 Å². The molecule has 1 aromatic heterocycles. The van der Waals surface area contributed by atoms with Crippen molar-refractivity contribution in [3.63, 3.8) is 0 Å². The van der Waals surface area contributed by atoms with Gasteiger partial charge < -0.3 is 4.90 Å². The summed E-state index contributed by atoms with van der Waals surface area (Å²) in [7, 11) is 0. The van der Waals surface area contributed by atoms with Crippen LogP contribution in [0.15, 0.2) is 32.9 Å². The number of aromatic nitrogens is 2. The van der Waals surface area contributed by atoms with Crippen LogP contribution in [0.1, 0.15) is 26.3 Å². The second-order valence-corrected chi connectivity index (χ2v) is 9.49. The fourth-order valence-electron chi connectivity index (χ4n) is 2.73. The van der Waals surface area contributed by atoms with E-state index in [9.17, 15) is 4.79 Å². The maximum Gasteiger partial charge on any atom is 0.240 e. The summed E-state index contributed by atoms with van der Waals surface area (Å²) < 4.78 is 1.83. The number of fused-ring (bicyclic) bond motifs is 1. The average Bonchev–Trinajstić information content (AvgIpc) is 3.10. The first kappa shape index (κ1) is 16.8. The van der Waals surface area contributed by atoms with Gasteiger partial charge in [0.1, 0.15) is 0 Å². The summed E-state index contributed by atoms with van der Waals surface area (Å²) in [5.41, 5.74) is 2.31. The Hall–Kier alpha value is -1.05.